The van der Waals surface area contributed by atoms with Crippen LogP contribution in [0.1, 0.15) is 47.2 Å². The van der Waals surface area contributed by atoms with Gasteiger partial charge in [0.05, 0.1) is 17.1 Å². The molecule has 0 heterocycles. The lowest BCUT2D eigenvalue weighted by atomic mass is 10.1. The van der Waals surface area contributed by atoms with Crippen molar-refractivity contribution in [3.63, 3.8) is 0 Å². The highest BCUT2D eigenvalue weighted by molar-refractivity contribution is 7.92. The predicted octanol–water partition coefficient (Wildman–Crippen LogP) is 6.06. The second kappa shape index (κ2) is 10.2. The maximum Gasteiger partial charge on any atom is 0.264 e. The van der Waals surface area contributed by atoms with Gasteiger partial charge in [0, 0.05) is 23.7 Å². The molecule has 0 aromatic heterocycles. The standard InChI is InChI=1S/C27H29ClN2O3S/c1-20-12-17-23(28)18-26(20)30(34(32,33)25-10-4-3-5-11-25)19-21-13-15-22(16-14-21)27(31)29(2)24-8-6-7-9-24/h3-5,10-18,24H,6-9,19H2,1-2H3. The monoisotopic (exact) mass is 496 g/mol. The topological polar surface area (TPSA) is 57.7 Å². The molecule has 0 N–H and O–H groups in total. The van der Waals surface area contributed by atoms with E-state index in [0.29, 0.717) is 22.3 Å². The fourth-order valence-corrected chi connectivity index (χ4v) is 6.15. The van der Waals surface area contributed by atoms with Crippen molar-refractivity contribution in [2.45, 2.75) is 50.1 Å². The molecular weight excluding hydrogens is 468 g/mol. The van der Waals surface area contributed by atoms with E-state index in [-0.39, 0.29) is 17.3 Å². The maximum atomic E-state index is 13.6. The molecule has 0 atom stereocenters. The van der Waals surface area contributed by atoms with Crippen LogP contribution < -0.4 is 4.31 Å². The number of amides is 1. The number of anilines is 1. The number of benzene rings is 3. The van der Waals surface area contributed by atoms with Gasteiger partial charge in [-0.15, -0.1) is 0 Å². The molecule has 3 aromatic rings. The summed E-state index contributed by atoms with van der Waals surface area (Å²) in [7, 11) is -1.98. The molecule has 34 heavy (non-hydrogen) atoms. The number of hydrogen-bond donors (Lipinski definition) is 0. The molecular formula is C27H29ClN2O3S. The van der Waals surface area contributed by atoms with Gasteiger partial charge in [0.25, 0.3) is 15.9 Å². The number of carbonyl (C=O) groups excluding carboxylic acids is 1. The van der Waals surface area contributed by atoms with Crippen molar-refractivity contribution in [3.05, 3.63) is 94.5 Å². The van der Waals surface area contributed by atoms with E-state index < -0.39 is 10.0 Å². The Bertz CT molecular complexity index is 1250. The Kier molecular flexibility index (Phi) is 7.29. The zero-order chi connectivity index (χ0) is 24.3. The third kappa shape index (κ3) is 5.13. The van der Waals surface area contributed by atoms with Gasteiger partial charge in [0.15, 0.2) is 0 Å². The van der Waals surface area contributed by atoms with Gasteiger partial charge in [-0.2, -0.15) is 0 Å². The number of carbonyl (C=O) groups is 1. The molecule has 0 bridgehead atoms. The Morgan fingerprint density at radius 1 is 0.971 bits per heavy atom. The molecule has 0 spiro atoms. The molecule has 178 valence electrons. The minimum absolute atomic E-state index is 0.00195. The van der Waals surface area contributed by atoms with Crippen LogP contribution in [0.3, 0.4) is 0 Å². The average molecular weight is 497 g/mol. The van der Waals surface area contributed by atoms with Gasteiger partial charge < -0.3 is 4.90 Å². The number of sulfonamides is 1. The van der Waals surface area contributed by atoms with Gasteiger partial charge in [-0.1, -0.05) is 60.8 Å². The molecule has 1 fully saturated rings. The summed E-state index contributed by atoms with van der Waals surface area (Å²) in [6.07, 6.45) is 4.42. The van der Waals surface area contributed by atoms with E-state index >= 15 is 0 Å². The van der Waals surface area contributed by atoms with Crippen LogP contribution in [0.15, 0.2) is 77.7 Å². The van der Waals surface area contributed by atoms with Crippen molar-refractivity contribution in [3.8, 4) is 0 Å². The molecule has 0 radical (unpaired) electrons. The van der Waals surface area contributed by atoms with Crippen LogP contribution in [-0.4, -0.2) is 32.3 Å². The van der Waals surface area contributed by atoms with Crippen LogP contribution in [0, 0.1) is 6.92 Å². The van der Waals surface area contributed by atoms with E-state index in [9.17, 15) is 13.2 Å². The Balaban J connectivity index is 1.64. The molecule has 4 rings (SSSR count). The van der Waals surface area contributed by atoms with Gasteiger partial charge in [0.2, 0.25) is 0 Å². The third-order valence-corrected chi connectivity index (χ3v) is 8.50. The van der Waals surface area contributed by atoms with Crippen molar-refractivity contribution in [1.29, 1.82) is 0 Å². The molecule has 0 saturated heterocycles. The van der Waals surface area contributed by atoms with Gasteiger partial charge in [0.1, 0.15) is 0 Å². The van der Waals surface area contributed by atoms with Crippen LogP contribution in [0.2, 0.25) is 5.02 Å². The first kappa shape index (κ1) is 24.3. The van der Waals surface area contributed by atoms with E-state index in [1.165, 1.54) is 4.31 Å². The van der Waals surface area contributed by atoms with Crippen LogP contribution in [-0.2, 0) is 16.6 Å². The van der Waals surface area contributed by atoms with Crippen molar-refractivity contribution in [2.24, 2.45) is 0 Å². The number of aryl methyl sites for hydroxylation is 1. The molecule has 1 aliphatic carbocycles. The first-order valence-electron chi connectivity index (χ1n) is 11.5. The first-order chi connectivity index (χ1) is 16.3. The highest BCUT2D eigenvalue weighted by Gasteiger charge is 2.27. The quantitative estimate of drug-likeness (QED) is 0.399. The lowest BCUT2D eigenvalue weighted by molar-refractivity contribution is 0.0735. The molecule has 1 aliphatic rings. The lowest BCUT2D eigenvalue weighted by Crippen LogP contribution is -2.35. The molecule has 5 nitrogen and oxygen atoms in total. The Morgan fingerprint density at radius 3 is 2.26 bits per heavy atom. The fraction of sp³-hybridized carbons (Fsp3) is 0.296. The van der Waals surface area contributed by atoms with Crippen molar-refractivity contribution in [2.75, 3.05) is 11.4 Å². The molecule has 0 aliphatic heterocycles. The SMILES string of the molecule is Cc1ccc(Cl)cc1N(Cc1ccc(C(=O)N(C)C2CCCC2)cc1)S(=O)(=O)c1ccccc1. The normalized spacial score (nSPS) is 14.2. The summed E-state index contributed by atoms with van der Waals surface area (Å²) >= 11 is 6.24. The van der Waals surface area contributed by atoms with E-state index in [1.807, 2.05) is 37.1 Å². The molecule has 0 unspecified atom stereocenters. The van der Waals surface area contributed by atoms with Crippen LogP contribution in [0.5, 0.6) is 0 Å². The van der Waals surface area contributed by atoms with Crippen LogP contribution >= 0.6 is 11.6 Å². The Hall–Kier alpha value is -2.83. The first-order valence-corrected chi connectivity index (χ1v) is 13.3. The lowest BCUT2D eigenvalue weighted by Gasteiger charge is -2.27. The maximum absolute atomic E-state index is 13.6. The number of halogens is 1. The molecule has 3 aromatic carbocycles. The summed E-state index contributed by atoms with van der Waals surface area (Å²) in [5.74, 6) is -0.00195. The van der Waals surface area contributed by atoms with E-state index in [2.05, 4.69) is 0 Å². The van der Waals surface area contributed by atoms with E-state index in [1.54, 1.807) is 54.6 Å². The van der Waals surface area contributed by atoms with Gasteiger partial charge in [-0.25, -0.2) is 8.42 Å². The average Bonchev–Trinajstić information content (AvgIpc) is 3.39. The van der Waals surface area contributed by atoms with Crippen LogP contribution in [0.25, 0.3) is 0 Å². The highest BCUT2D eigenvalue weighted by atomic mass is 35.5. The second-order valence-electron chi connectivity index (χ2n) is 8.81. The van der Waals surface area contributed by atoms with E-state index in [0.717, 1.165) is 36.8 Å². The third-order valence-electron chi connectivity index (χ3n) is 6.49. The Morgan fingerprint density at radius 2 is 1.62 bits per heavy atom. The Labute approximate surface area is 207 Å². The van der Waals surface area contributed by atoms with E-state index in [4.69, 9.17) is 11.6 Å². The van der Waals surface area contributed by atoms with Crippen molar-refractivity contribution in [1.82, 2.24) is 4.90 Å². The van der Waals surface area contributed by atoms with Crippen molar-refractivity contribution < 1.29 is 13.2 Å². The van der Waals surface area contributed by atoms with Gasteiger partial charge >= 0.3 is 0 Å². The highest BCUT2D eigenvalue weighted by Crippen LogP contribution is 2.31. The zero-order valence-corrected chi connectivity index (χ0v) is 21.0. The summed E-state index contributed by atoms with van der Waals surface area (Å²) in [4.78, 5) is 15.0. The number of hydrogen-bond acceptors (Lipinski definition) is 3. The minimum atomic E-state index is -3.84. The smallest absolute Gasteiger partial charge is 0.264 e. The van der Waals surface area contributed by atoms with Crippen LogP contribution in [0.4, 0.5) is 5.69 Å². The summed E-state index contributed by atoms with van der Waals surface area (Å²) < 4.78 is 28.6. The number of nitrogens with zero attached hydrogens (tertiary/aromatic N) is 2. The summed E-state index contributed by atoms with van der Waals surface area (Å²) in [5.41, 5.74) is 2.71. The van der Waals surface area contributed by atoms with Gasteiger partial charge in [-0.05, 0) is 67.3 Å². The summed E-state index contributed by atoms with van der Waals surface area (Å²) in [6, 6.07) is 21.1. The second-order valence-corrected chi connectivity index (χ2v) is 11.1. The number of rotatable bonds is 7. The van der Waals surface area contributed by atoms with Gasteiger partial charge in [-0.3, -0.25) is 9.10 Å². The minimum Gasteiger partial charge on any atom is -0.339 e. The molecule has 1 amide bonds. The van der Waals surface area contributed by atoms with Crippen molar-refractivity contribution >= 4 is 33.2 Å². The molecule has 1 saturated carbocycles. The summed E-state index contributed by atoms with van der Waals surface area (Å²) in [5, 5.41) is 0.463. The fourth-order valence-electron chi connectivity index (χ4n) is 4.45. The zero-order valence-electron chi connectivity index (χ0n) is 19.4. The molecule has 7 heteroatoms. The largest absolute Gasteiger partial charge is 0.339 e. The summed E-state index contributed by atoms with van der Waals surface area (Å²) in [6.45, 7) is 1.98. The predicted molar refractivity (Wildman–Crippen MR) is 137 cm³/mol.